The van der Waals surface area contributed by atoms with E-state index in [1.54, 1.807) is 36.4 Å². The first kappa shape index (κ1) is 25.7. The van der Waals surface area contributed by atoms with Gasteiger partial charge in [0, 0.05) is 5.57 Å². The van der Waals surface area contributed by atoms with Crippen molar-refractivity contribution >= 4 is 19.7 Å². The van der Waals surface area contributed by atoms with Crippen molar-refractivity contribution in [3.8, 4) is 0 Å². The van der Waals surface area contributed by atoms with Gasteiger partial charge in [0.25, 0.3) is 0 Å². The number of fused-ring (bicyclic) bond motifs is 6. The SMILES string of the molecule is CC1=CC(C)=C2C(C)=CC=C3C(=C2C(C)=C1)C1OC3C(S(=O)(=O)c2ccccc2)=C1S(=O)(=O)c1ccccc1. The van der Waals surface area contributed by atoms with Crippen molar-refractivity contribution in [2.24, 2.45) is 0 Å². The lowest BCUT2D eigenvalue weighted by Crippen LogP contribution is -2.26. The van der Waals surface area contributed by atoms with Gasteiger partial charge in [-0.1, -0.05) is 66.3 Å². The zero-order valence-electron chi connectivity index (χ0n) is 22.1. The molecule has 0 spiro atoms. The molecular weight excluding hydrogens is 528 g/mol. The Labute approximate surface area is 229 Å². The molecule has 198 valence electrons. The standard InChI is InChI=1S/C32H28O5S2/c1-19-17-21(3)26-20(2)15-16-25-28(27(26)22(4)18-19)30-32(39(35,36)24-13-9-6-10-14-24)31(29(25)37-30)38(33,34)23-11-7-5-8-12-23/h5-18,29-30H,1-4H3. The molecule has 0 saturated carbocycles. The molecule has 6 rings (SSSR count). The fraction of sp³-hybridized carbons (Fsp3) is 0.188. The van der Waals surface area contributed by atoms with E-state index < -0.39 is 31.9 Å². The first-order chi connectivity index (χ1) is 18.5. The number of benzene rings is 2. The van der Waals surface area contributed by atoms with Crippen LogP contribution in [0.2, 0.25) is 0 Å². The van der Waals surface area contributed by atoms with E-state index >= 15 is 0 Å². The van der Waals surface area contributed by atoms with Crippen molar-refractivity contribution < 1.29 is 21.6 Å². The largest absolute Gasteiger partial charge is 0.354 e. The van der Waals surface area contributed by atoms with Crippen LogP contribution in [0.5, 0.6) is 0 Å². The van der Waals surface area contributed by atoms with Gasteiger partial charge in [-0.3, -0.25) is 0 Å². The van der Waals surface area contributed by atoms with Gasteiger partial charge in [-0.25, -0.2) is 16.8 Å². The molecule has 2 aliphatic heterocycles. The normalized spacial score (nSPS) is 23.0. The summed E-state index contributed by atoms with van der Waals surface area (Å²) >= 11 is 0. The van der Waals surface area contributed by atoms with Crippen LogP contribution < -0.4 is 0 Å². The summed E-state index contributed by atoms with van der Waals surface area (Å²) in [6.07, 6.45) is 5.98. The highest BCUT2D eigenvalue weighted by atomic mass is 32.2. The topological polar surface area (TPSA) is 77.5 Å². The average molecular weight is 557 g/mol. The van der Waals surface area contributed by atoms with E-state index in [4.69, 9.17) is 4.74 Å². The molecule has 2 aromatic carbocycles. The third-order valence-corrected chi connectivity index (χ3v) is 11.6. The zero-order valence-corrected chi connectivity index (χ0v) is 23.7. The van der Waals surface area contributed by atoms with Gasteiger partial charge in [-0.05, 0) is 85.4 Å². The Morgan fingerprint density at radius 2 is 1.15 bits per heavy atom. The van der Waals surface area contributed by atoms with Crippen molar-refractivity contribution in [1.82, 2.24) is 0 Å². The third kappa shape index (κ3) is 3.83. The summed E-state index contributed by atoms with van der Waals surface area (Å²) in [4.78, 5) is -0.319. The molecule has 7 heteroatoms. The molecule has 0 N–H and O–H groups in total. The monoisotopic (exact) mass is 556 g/mol. The van der Waals surface area contributed by atoms with E-state index in [1.165, 1.54) is 24.3 Å². The third-order valence-electron chi connectivity index (χ3n) is 7.64. The molecule has 2 atom stereocenters. The minimum Gasteiger partial charge on any atom is -0.354 e. The van der Waals surface area contributed by atoms with Crippen LogP contribution in [-0.4, -0.2) is 29.0 Å². The quantitative estimate of drug-likeness (QED) is 0.440. The van der Waals surface area contributed by atoms with Gasteiger partial charge in [0.15, 0.2) is 0 Å². The van der Waals surface area contributed by atoms with Crippen LogP contribution in [-0.2, 0) is 24.4 Å². The summed E-state index contributed by atoms with van der Waals surface area (Å²) in [5.41, 5.74) is 7.47. The van der Waals surface area contributed by atoms with E-state index in [0.29, 0.717) is 5.57 Å². The highest BCUT2D eigenvalue weighted by Gasteiger charge is 2.57. The minimum absolute atomic E-state index is 0.0357. The van der Waals surface area contributed by atoms with Gasteiger partial charge in [0.05, 0.1) is 9.79 Å². The Hall–Kier alpha value is -3.52. The maximum Gasteiger partial charge on any atom is 0.206 e. The Balaban J connectivity index is 1.72. The molecule has 39 heavy (non-hydrogen) atoms. The molecule has 2 bridgehead atoms. The van der Waals surface area contributed by atoms with Gasteiger partial charge in [0.1, 0.15) is 22.0 Å². The molecule has 5 nitrogen and oxygen atoms in total. The van der Waals surface area contributed by atoms with Crippen LogP contribution in [0.4, 0.5) is 0 Å². The summed E-state index contributed by atoms with van der Waals surface area (Å²) < 4.78 is 63.2. The molecule has 2 unspecified atom stereocenters. The van der Waals surface area contributed by atoms with Gasteiger partial charge in [-0.15, -0.1) is 0 Å². The van der Waals surface area contributed by atoms with Crippen molar-refractivity contribution in [1.29, 1.82) is 0 Å². The average Bonchev–Trinajstić information content (AvgIpc) is 3.39. The van der Waals surface area contributed by atoms with E-state index in [9.17, 15) is 16.8 Å². The Morgan fingerprint density at radius 3 is 1.72 bits per heavy atom. The minimum atomic E-state index is -4.23. The number of allylic oxidation sites excluding steroid dienone is 10. The van der Waals surface area contributed by atoms with Gasteiger partial charge in [0.2, 0.25) is 19.7 Å². The second-order valence-electron chi connectivity index (χ2n) is 10.3. The van der Waals surface area contributed by atoms with Crippen molar-refractivity contribution in [3.05, 3.63) is 139 Å². The van der Waals surface area contributed by atoms with Crippen LogP contribution in [0.25, 0.3) is 0 Å². The van der Waals surface area contributed by atoms with Crippen LogP contribution in [0.1, 0.15) is 27.7 Å². The fourth-order valence-corrected chi connectivity index (χ4v) is 9.95. The molecule has 0 radical (unpaired) electrons. The first-order valence-corrected chi connectivity index (χ1v) is 15.7. The molecule has 0 aromatic heterocycles. The van der Waals surface area contributed by atoms with E-state index in [2.05, 4.69) is 12.2 Å². The second-order valence-corrected chi connectivity index (χ2v) is 14.1. The summed E-state index contributed by atoms with van der Waals surface area (Å²) in [7, 11) is -8.43. The second kappa shape index (κ2) is 9.01. The highest BCUT2D eigenvalue weighted by molar-refractivity contribution is 7.99. The predicted octanol–water partition coefficient (Wildman–Crippen LogP) is 6.33. The fourth-order valence-electron chi connectivity index (χ4n) is 6.09. The van der Waals surface area contributed by atoms with Crippen LogP contribution in [0.15, 0.2) is 149 Å². The summed E-state index contributed by atoms with van der Waals surface area (Å²) in [5.74, 6) is 0. The highest BCUT2D eigenvalue weighted by Crippen LogP contribution is 2.55. The lowest BCUT2D eigenvalue weighted by molar-refractivity contribution is 0.134. The Kier molecular flexibility index (Phi) is 5.95. The van der Waals surface area contributed by atoms with Gasteiger partial charge >= 0.3 is 0 Å². The molecule has 4 aliphatic rings. The van der Waals surface area contributed by atoms with Gasteiger partial charge in [-0.2, -0.15) is 0 Å². The lowest BCUT2D eigenvalue weighted by atomic mass is 9.83. The Morgan fingerprint density at radius 1 is 0.615 bits per heavy atom. The maximum atomic E-state index is 14.3. The molecule has 1 fully saturated rings. The molecule has 0 amide bonds. The maximum absolute atomic E-state index is 14.3. The summed E-state index contributed by atoms with van der Waals surface area (Å²) in [5, 5.41) is 0. The van der Waals surface area contributed by atoms with E-state index in [-0.39, 0.29) is 19.6 Å². The lowest BCUT2D eigenvalue weighted by Gasteiger charge is -2.25. The van der Waals surface area contributed by atoms with Crippen LogP contribution in [0.3, 0.4) is 0 Å². The molecule has 2 aliphatic carbocycles. The van der Waals surface area contributed by atoms with Crippen molar-refractivity contribution in [2.75, 3.05) is 0 Å². The first-order valence-electron chi connectivity index (χ1n) is 12.7. The zero-order chi connectivity index (χ0) is 27.7. The molecule has 1 saturated heterocycles. The summed E-state index contributed by atoms with van der Waals surface area (Å²) in [6, 6.07) is 16.0. The summed E-state index contributed by atoms with van der Waals surface area (Å²) in [6.45, 7) is 8.12. The molecule has 2 aromatic rings. The number of rotatable bonds is 4. The van der Waals surface area contributed by atoms with E-state index in [0.717, 1.165) is 39.0 Å². The molecule has 2 heterocycles. The molecular formula is C32H28O5S2. The van der Waals surface area contributed by atoms with Gasteiger partial charge < -0.3 is 4.74 Å². The van der Waals surface area contributed by atoms with Crippen LogP contribution >= 0.6 is 0 Å². The number of hydrogen-bond donors (Lipinski definition) is 0. The smallest absolute Gasteiger partial charge is 0.206 e. The number of sulfone groups is 2. The van der Waals surface area contributed by atoms with Crippen molar-refractivity contribution in [3.63, 3.8) is 0 Å². The Bertz CT molecular complexity index is 1860. The number of hydrogen-bond acceptors (Lipinski definition) is 5. The van der Waals surface area contributed by atoms with E-state index in [1.807, 2.05) is 39.8 Å². The number of ether oxygens (including phenoxy) is 1. The predicted molar refractivity (Wildman–Crippen MR) is 152 cm³/mol. The van der Waals surface area contributed by atoms with Crippen LogP contribution in [0, 0.1) is 0 Å². The van der Waals surface area contributed by atoms with Crippen molar-refractivity contribution in [2.45, 2.75) is 49.7 Å².